The predicted octanol–water partition coefficient (Wildman–Crippen LogP) is 5.01. The third kappa shape index (κ3) is 5.77. The average molecular weight is 483 g/mol. The molecule has 1 amide bonds. The van der Waals surface area contributed by atoms with E-state index in [0.29, 0.717) is 13.1 Å². The van der Waals surface area contributed by atoms with Crippen molar-refractivity contribution in [3.05, 3.63) is 53.2 Å². The molecule has 1 aliphatic heterocycles. The Hall–Kier alpha value is -3.09. The number of benzene rings is 1. The summed E-state index contributed by atoms with van der Waals surface area (Å²) >= 11 is 0. The summed E-state index contributed by atoms with van der Waals surface area (Å²) in [7, 11) is 1.66. The zero-order valence-corrected chi connectivity index (χ0v) is 22.7. The van der Waals surface area contributed by atoms with Crippen LogP contribution in [0.15, 0.2) is 30.5 Å². The van der Waals surface area contributed by atoms with Crippen molar-refractivity contribution >= 4 is 17.4 Å². The third-order valence-electron chi connectivity index (χ3n) is 6.26. The van der Waals surface area contributed by atoms with Gasteiger partial charge in [0, 0.05) is 30.7 Å². The second-order valence-electron chi connectivity index (χ2n) is 11.0. The number of hydrogen-bond acceptors (Lipinski definition) is 4. The molecule has 1 aromatic heterocycles. The van der Waals surface area contributed by atoms with E-state index in [1.54, 1.807) is 18.9 Å². The molecule has 2 aromatic rings. The smallest absolute Gasteiger partial charge is 0.414 e. The molecule has 0 aliphatic carbocycles. The molecule has 7 heteroatoms. The Morgan fingerprint density at radius 2 is 1.77 bits per heavy atom. The first-order chi connectivity index (χ1) is 16.3. The number of nitrogens with zero attached hydrogens (tertiary/aromatic N) is 3. The molecule has 0 radical (unpaired) electrons. The van der Waals surface area contributed by atoms with Crippen molar-refractivity contribution in [1.82, 2.24) is 9.47 Å². The molecule has 190 valence electrons. The summed E-state index contributed by atoms with van der Waals surface area (Å²) in [6.07, 6.45) is 2.30. The Kier molecular flexibility index (Phi) is 7.48. The van der Waals surface area contributed by atoms with E-state index < -0.39 is 11.0 Å². The van der Waals surface area contributed by atoms with Crippen molar-refractivity contribution in [3.8, 4) is 5.75 Å². The van der Waals surface area contributed by atoms with Crippen molar-refractivity contribution < 1.29 is 23.6 Å². The predicted molar refractivity (Wildman–Crippen MR) is 136 cm³/mol. The number of amides is 1. The Balaban J connectivity index is 2.21. The van der Waals surface area contributed by atoms with Gasteiger partial charge in [0.25, 0.3) is 5.82 Å². The number of rotatable bonds is 6. The monoisotopic (exact) mass is 482 g/mol. The minimum Gasteiger partial charge on any atom is -0.497 e. The van der Waals surface area contributed by atoms with Crippen molar-refractivity contribution in [2.75, 3.05) is 13.7 Å². The molecule has 1 aliphatic rings. The molecule has 0 N–H and O–H groups in total. The van der Waals surface area contributed by atoms with Crippen LogP contribution in [0.1, 0.15) is 77.7 Å². The average Bonchev–Trinajstić information content (AvgIpc) is 2.94. The number of imidazole rings is 1. The van der Waals surface area contributed by atoms with Gasteiger partial charge in [-0.05, 0) is 51.8 Å². The lowest BCUT2D eigenvalue weighted by atomic mass is 9.86. The molecule has 7 nitrogen and oxygen atoms in total. The van der Waals surface area contributed by atoms with Crippen LogP contribution in [0.2, 0.25) is 0 Å². The zero-order valence-electron chi connectivity index (χ0n) is 22.7. The molecule has 1 aromatic carbocycles. The molecule has 0 atom stereocenters. The number of carbonyl (C=O) groups excluding carboxylic acids is 2. The standard InChI is InChI=1S/C28H40N3O4/c1-10-22-17-29(26(33)35-27(4,5)6)18-28(7,8)25-24(22)30(20(3)31(25)15-19(2)32)16-21-11-13-23(34-9)14-12-21/h11-14,17H,10,15-16,18H2,1-9H3/q+1. The number of ketones is 1. The summed E-state index contributed by atoms with van der Waals surface area (Å²) in [4.78, 5) is 27.1. The van der Waals surface area contributed by atoms with E-state index in [0.717, 1.165) is 40.5 Å². The molecule has 0 saturated heterocycles. The molecule has 3 rings (SSSR count). The van der Waals surface area contributed by atoms with Gasteiger partial charge < -0.3 is 9.47 Å². The molecule has 0 fully saturated rings. The summed E-state index contributed by atoms with van der Waals surface area (Å²) in [6.45, 7) is 17.0. The maximum absolute atomic E-state index is 13.1. The number of ether oxygens (including phenoxy) is 2. The fraction of sp³-hybridized carbons (Fsp3) is 0.536. The van der Waals surface area contributed by atoms with Gasteiger partial charge in [-0.1, -0.05) is 32.9 Å². The Bertz CT molecular complexity index is 1130. The highest BCUT2D eigenvalue weighted by Crippen LogP contribution is 2.36. The molecule has 0 saturated carbocycles. The van der Waals surface area contributed by atoms with Gasteiger partial charge in [0.2, 0.25) is 0 Å². The Labute approximate surface area is 209 Å². The van der Waals surface area contributed by atoms with Crippen LogP contribution in [0.3, 0.4) is 0 Å². The first-order valence-electron chi connectivity index (χ1n) is 12.2. The van der Waals surface area contributed by atoms with Crippen molar-refractivity contribution in [3.63, 3.8) is 0 Å². The molecular weight excluding hydrogens is 442 g/mol. The number of carbonyl (C=O) groups is 2. The highest BCUT2D eigenvalue weighted by molar-refractivity contribution is 5.77. The van der Waals surface area contributed by atoms with E-state index in [1.807, 2.05) is 39.1 Å². The number of Topliss-reactive ketones (excluding diaryl/α,β-unsaturated/α-hetero) is 1. The Morgan fingerprint density at radius 1 is 1.14 bits per heavy atom. The quantitative estimate of drug-likeness (QED) is 0.543. The van der Waals surface area contributed by atoms with Gasteiger partial charge in [-0.25, -0.2) is 13.9 Å². The van der Waals surface area contributed by atoms with Crippen LogP contribution in [-0.4, -0.2) is 40.6 Å². The minimum atomic E-state index is -0.588. The fourth-order valence-electron chi connectivity index (χ4n) is 4.75. The van der Waals surface area contributed by atoms with Crippen LogP contribution in [-0.2, 0) is 28.0 Å². The van der Waals surface area contributed by atoms with Gasteiger partial charge in [-0.3, -0.25) is 9.69 Å². The lowest BCUT2D eigenvalue weighted by Crippen LogP contribution is -2.41. The molecule has 35 heavy (non-hydrogen) atoms. The summed E-state index contributed by atoms with van der Waals surface area (Å²) in [5.41, 5.74) is 3.29. The van der Waals surface area contributed by atoms with E-state index in [9.17, 15) is 9.59 Å². The van der Waals surface area contributed by atoms with Crippen molar-refractivity contribution in [1.29, 1.82) is 0 Å². The summed E-state index contributed by atoms with van der Waals surface area (Å²) in [6, 6.07) is 8.04. The number of methoxy groups -OCH3 is 1. The van der Waals surface area contributed by atoms with Crippen LogP contribution in [0.25, 0.3) is 5.57 Å². The molecule has 0 unspecified atom stereocenters. The Morgan fingerprint density at radius 3 is 2.29 bits per heavy atom. The van der Waals surface area contributed by atoms with Gasteiger partial charge >= 0.3 is 6.09 Å². The van der Waals surface area contributed by atoms with E-state index in [1.165, 1.54) is 0 Å². The molecule has 0 bridgehead atoms. The van der Waals surface area contributed by atoms with Crippen LogP contribution in [0, 0.1) is 6.92 Å². The second-order valence-corrected chi connectivity index (χ2v) is 11.0. The zero-order chi connectivity index (χ0) is 26.1. The number of hydrogen-bond donors (Lipinski definition) is 0. The van der Waals surface area contributed by atoms with Gasteiger partial charge in [0.05, 0.1) is 7.11 Å². The van der Waals surface area contributed by atoms with Crippen molar-refractivity contribution in [2.45, 2.75) is 85.9 Å². The minimum absolute atomic E-state index is 0.0913. The van der Waals surface area contributed by atoms with Gasteiger partial charge in [-0.15, -0.1) is 0 Å². The van der Waals surface area contributed by atoms with Gasteiger partial charge in [0.1, 0.15) is 24.4 Å². The lowest BCUT2D eigenvalue weighted by Gasteiger charge is -2.30. The highest BCUT2D eigenvalue weighted by atomic mass is 16.6. The van der Waals surface area contributed by atoms with Crippen LogP contribution < -0.4 is 9.30 Å². The fourth-order valence-corrected chi connectivity index (χ4v) is 4.75. The SMILES string of the molecule is CCC1=CN(C(=O)OC(C)(C)C)CC(C)(C)c2c1[n+](Cc1ccc(OC)cc1)c(C)n2CC(C)=O. The third-order valence-corrected chi connectivity index (χ3v) is 6.26. The van der Waals surface area contributed by atoms with Gasteiger partial charge in [0.15, 0.2) is 17.2 Å². The van der Waals surface area contributed by atoms with E-state index in [4.69, 9.17) is 9.47 Å². The molecule has 2 heterocycles. The summed E-state index contributed by atoms with van der Waals surface area (Å²) in [5, 5.41) is 0. The van der Waals surface area contributed by atoms with Crippen molar-refractivity contribution in [2.24, 2.45) is 0 Å². The topological polar surface area (TPSA) is 64.7 Å². The summed E-state index contributed by atoms with van der Waals surface area (Å²) < 4.78 is 15.4. The van der Waals surface area contributed by atoms with Gasteiger partial charge in [-0.2, -0.15) is 0 Å². The number of aromatic nitrogens is 2. The number of fused-ring (bicyclic) bond motifs is 1. The first kappa shape index (κ1) is 26.5. The first-order valence-corrected chi connectivity index (χ1v) is 12.2. The van der Waals surface area contributed by atoms with Crippen LogP contribution in [0.5, 0.6) is 5.75 Å². The maximum atomic E-state index is 13.1. The largest absolute Gasteiger partial charge is 0.497 e. The summed E-state index contributed by atoms with van der Waals surface area (Å²) in [5.74, 6) is 1.92. The lowest BCUT2D eigenvalue weighted by molar-refractivity contribution is -0.696. The van der Waals surface area contributed by atoms with E-state index in [-0.39, 0.29) is 18.4 Å². The normalized spacial score (nSPS) is 15.2. The second kappa shape index (κ2) is 9.88. The molecule has 0 spiro atoms. The van der Waals surface area contributed by atoms with E-state index in [2.05, 4.69) is 49.0 Å². The maximum Gasteiger partial charge on any atom is 0.414 e. The number of allylic oxidation sites excluding steroid dienone is 1. The van der Waals surface area contributed by atoms with Crippen LogP contribution in [0.4, 0.5) is 4.79 Å². The van der Waals surface area contributed by atoms with E-state index >= 15 is 0 Å². The van der Waals surface area contributed by atoms with Crippen LogP contribution >= 0.6 is 0 Å². The highest BCUT2D eigenvalue weighted by Gasteiger charge is 2.43. The molecular formula is C28H40N3O4+.